The van der Waals surface area contributed by atoms with Crippen molar-refractivity contribution in [2.75, 3.05) is 11.9 Å². The Bertz CT molecular complexity index is 856. The summed E-state index contributed by atoms with van der Waals surface area (Å²) < 4.78 is 0. The summed E-state index contributed by atoms with van der Waals surface area (Å²) in [6.45, 7) is 4.42. The van der Waals surface area contributed by atoms with Gasteiger partial charge in [-0.3, -0.25) is 14.4 Å². The number of ketones is 1. The molecule has 2 aromatic carbocycles. The van der Waals surface area contributed by atoms with Crippen LogP contribution in [0.25, 0.3) is 0 Å². The van der Waals surface area contributed by atoms with E-state index in [-0.39, 0.29) is 17.6 Å². The van der Waals surface area contributed by atoms with Gasteiger partial charge in [-0.1, -0.05) is 6.92 Å². The maximum absolute atomic E-state index is 12.8. The summed E-state index contributed by atoms with van der Waals surface area (Å²) in [6.07, 6.45) is 4.25. The lowest BCUT2D eigenvalue weighted by molar-refractivity contribution is 0.0607. The van der Waals surface area contributed by atoms with E-state index in [9.17, 15) is 14.4 Å². The summed E-state index contributed by atoms with van der Waals surface area (Å²) in [5.41, 5.74) is 2.32. The lowest BCUT2D eigenvalue weighted by Gasteiger charge is -2.35. The highest BCUT2D eigenvalue weighted by Gasteiger charge is 2.26. The topological polar surface area (TPSA) is 66.5 Å². The molecule has 146 valence electrons. The molecule has 1 aliphatic heterocycles. The van der Waals surface area contributed by atoms with E-state index < -0.39 is 0 Å². The highest BCUT2D eigenvalue weighted by Crippen LogP contribution is 2.22. The summed E-state index contributed by atoms with van der Waals surface area (Å²) >= 11 is 0. The van der Waals surface area contributed by atoms with Crippen molar-refractivity contribution < 1.29 is 14.4 Å². The van der Waals surface area contributed by atoms with Gasteiger partial charge in [-0.25, -0.2) is 0 Å². The van der Waals surface area contributed by atoms with Gasteiger partial charge in [-0.05, 0) is 81.1 Å². The van der Waals surface area contributed by atoms with Crippen molar-refractivity contribution in [1.82, 2.24) is 4.90 Å². The first-order valence-corrected chi connectivity index (χ1v) is 9.83. The minimum absolute atomic E-state index is 0.0165. The number of nitrogens with zero attached hydrogens (tertiary/aromatic N) is 1. The number of likely N-dealkylation sites (tertiary alicyclic amines) is 1. The number of rotatable bonds is 5. The number of piperidine rings is 1. The lowest BCUT2D eigenvalue weighted by atomic mass is 9.98. The van der Waals surface area contributed by atoms with Gasteiger partial charge in [0.2, 0.25) is 0 Å². The fraction of sp³-hybridized carbons (Fsp3) is 0.348. The number of carbonyl (C=O) groups excluding carboxylic acids is 3. The molecule has 0 aromatic heterocycles. The van der Waals surface area contributed by atoms with E-state index in [2.05, 4.69) is 12.2 Å². The molecule has 0 radical (unpaired) electrons. The SMILES string of the molecule is CCC1CCCCN1C(=O)c1ccc(C(=O)Nc2ccc(C(C)=O)cc2)cc1. The molecule has 1 saturated heterocycles. The number of carbonyl (C=O) groups is 3. The van der Waals surface area contributed by atoms with E-state index in [4.69, 9.17) is 0 Å². The molecule has 1 unspecified atom stereocenters. The van der Waals surface area contributed by atoms with Crippen molar-refractivity contribution >= 4 is 23.3 Å². The van der Waals surface area contributed by atoms with Crippen molar-refractivity contribution in [3.8, 4) is 0 Å². The van der Waals surface area contributed by atoms with Crippen LogP contribution >= 0.6 is 0 Å². The second-order valence-electron chi connectivity index (χ2n) is 7.22. The average molecular weight is 378 g/mol. The minimum Gasteiger partial charge on any atom is -0.336 e. The van der Waals surface area contributed by atoms with E-state index >= 15 is 0 Å². The molecule has 1 N–H and O–H groups in total. The zero-order valence-corrected chi connectivity index (χ0v) is 16.4. The van der Waals surface area contributed by atoms with E-state index in [1.54, 1.807) is 48.5 Å². The smallest absolute Gasteiger partial charge is 0.255 e. The Kier molecular flexibility index (Phi) is 6.24. The Balaban J connectivity index is 1.66. The van der Waals surface area contributed by atoms with Crippen LogP contribution in [-0.4, -0.2) is 35.1 Å². The summed E-state index contributed by atoms with van der Waals surface area (Å²) in [5.74, 6) is -0.227. The standard InChI is InChI=1S/C23H26N2O3/c1-3-21-6-4-5-15-25(21)23(28)19-9-7-18(8-10-19)22(27)24-20-13-11-17(12-14-20)16(2)26/h7-14,21H,3-6,15H2,1-2H3,(H,24,27). The predicted molar refractivity (Wildman–Crippen MR) is 110 cm³/mol. The van der Waals surface area contributed by atoms with E-state index in [0.717, 1.165) is 25.8 Å². The zero-order valence-electron chi connectivity index (χ0n) is 16.4. The van der Waals surface area contributed by atoms with Crippen molar-refractivity contribution in [3.05, 3.63) is 65.2 Å². The molecule has 2 aromatic rings. The van der Waals surface area contributed by atoms with Crippen LogP contribution in [0.4, 0.5) is 5.69 Å². The predicted octanol–water partition coefficient (Wildman–Crippen LogP) is 4.55. The Morgan fingerprint density at radius 1 is 0.929 bits per heavy atom. The van der Waals surface area contributed by atoms with E-state index in [1.165, 1.54) is 13.3 Å². The third-order valence-electron chi connectivity index (χ3n) is 5.30. The van der Waals surface area contributed by atoms with Crippen molar-refractivity contribution in [2.24, 2.45) is 0 Å². The monoisotopic (exact) mass is 378 g/mol. The normalized spacial score (nSPS) is 16.5. The molecule has 1 atom stereocenters. The largest absolute Gasteiger partial charge is 0.336 e. The summed E-state index contributed by atoms with van der Waals surface area (Å²) in [4.78, 5) is 38.6. The molecular weight excluding hydrogens is 352 g/mol. The molecular formula is C23H26N2O3. The third kappa shape index (κ3) is 4.47. The van der Waals surface area contributed by atoms with Gasteiger partial charge in [0.25, 0.3) is 11.8 Å². The van der Waals surface area contributed by atoms with Gasteiger partial charge in [-0.15, -0.1) is 0 Å². The third-order valence-corrected chi connectivity index (χ3v) is 5.30. The molecule has 0 spiro atoms. The molecule has 28 heavy (non-hydrogen) atoms. The molecule has 5 heteroatoms. The zero-order chi connectivity index (χ0) is 20.1. The van der Waals surface area contributed by atoms with Crippen molar-refractivity contribution in [3.63, 3.8) is 0 Å². The van der Waals surface area contributed by atoms with Crippen LogP contribution < -0.4 is 5.32 Å². The maximum atomic E-state index is 12.8. The molecule has 5 nitrogen and oxygen atoms in total. The number of hydrogen-bond donors (Lipinski definition) is 1. The number of anilines is 1. The van der Waals surface area contributed by atoms with Gasteiger partial charge in [0.15, 0.2) is 5.78 Å². The number of Topliss-reactive ketones (excluding diaryl/α,β-unsaturated/α-hetero) is 1. The summed E-state index contributed by atoms with van der Waals surface area (Å²) in [5, 5.41) is 2.81. The van der Waals surface area contributed by atoms with Gasteiger partial charge in [-0.2, -0.15) is 0 Å². The fourth-order valence-corrected chi connectivity index (χ4v) is 3.61. The molecule has 0 aliphatic carbocycles. The first kappa shape index (κ1) is 19.8. The molecule has 0 bridgehead atoms. The molecule has 1 heterocycles. The quantitative estimate of drug-likeness (QED) is 0.777. The second-order valence-corrected chi connectivity index (χ2v) is 7.22. The van der Waals surface area contributed by atoms with Crippen LogP contribution in [0.2, 0.25) is 0 Å². The van der Waals surface area contributed by atoms with Gasteiger partial charge < -0.3 is 10.2 Å². The van der Waals surface area contributed by atoms with Crippen LogP contribution in [0.5, 0.6) is 0 Å². The van der Waals surface area contributed by atoms with Crippen LogP contribution in [0, 0.1) is 0 Å². The fourth-order valence-electron chi connectivity index (χ4n) is 3.61. The number of hydrogen-bond acceptors (Lipinski definition) is 3. The molecule has 1 fully saturated rings. The highest BCUT2D eigenvalue weighted by atomic mass is 16.2. The lowest BCUT2D eigenvalue weighted by Crippen LogP contribution is -2.43. The molecule has 1 aliphatic rings. The van der Waals surface area contributed by atoms with Crippen LogP contribution in [0.1, 0.15) is 70.6 Å². The van der Waals surface area contributed by atoms with Gasteiger partial charge in [0.05, 0.1) is 0 Å². The van der Waals surface area contributed by atoms with E-state index in [0.29, 0.717) is 28.4 Å². The Hall–Kier alpha value is -2.95. The minimum atomic E-state index is -0.251. The second kappa shape index (κ2) is 8.83. The summed E-state index contributed by atoms with van der Waals surface area (Å²) in [7, 11) is 0. The van der Waals surface area contributed by atoms with Gasteiger partial charge >= 0.3 is 0 Å². The molecule has 3 rings (SSSR count). The Morgan fingerprint density at radius 3 is 2.14 bits per heavy atom. The van der Waals surface area contributed by atoms with Gasteiger partial charge in [0, 0.05) is 35.0 Å². The molecule has 2 amide bonds. The Morgan fingerprint density at radius 2 is 1.54 bits per heavy atom. The molecule has 0 saturated carbocycles. The number of nitrogens with one attached hydrogen (secondary N) is 1. The summed E-state index contributed by atoms with van der Waals surface area (Å²) in [6, 6.07) is 13.9. The first-order chi connectivity index (χ1) is 13.5. The number of amides is 2. The van der Waals surface area contributed by atoms with Crippen LogP contribution in [-0.2, 0) is 0 Å². The maximum Gasteiger partial charge on any atom is 0.255 e. The van der Waals surface area contributed by atoms with Crippen molar-refractivity contribution in [2.45, 2.75) is 45.6 Å². The van der Waals surface area contributed by atoms with Crippen LogP contribution in [0.15, 0.2) is 48.5 Å². The van der Waals surface area contributed by atoms with Gasteiger partial charge in [0.1, 0.15) is 0 Å². The van der Waals surface area contributed by atoms with Crippen molar-refractivity contribution in [1.29, 1.82) is 0 Å². The average Bonchev–Trinajstić information content (AvgIpc) is 2.73. The number of benzene rings is 2. The highest BCUT2D eigenvalue weighted by molar-refractivity contribution is 6.05. The van der Waals surface area contributed by atoms with Crippen LogP contribution in [0.3, 0.4) is 0 Å². The Labute approximate surface area is 165 Å². The first-order valence-electron chi connectivity index (χ1n) is 9.83. The van der Waals surface area contributed by atoms with E-state index in [1.807, 2.05) is 4.90 Å².